The molecule has 2 aliphatic heterocycles. The molecular formula is C32H44N10O. The van der Waals surface area contributed by atoms with Crippen LogP contribution in [0.15, 0.2) is 30.6 Å². The van der Waals surface area contributed by atoms with Gasteiger partial charge in [0.05, 0.1) is 12.4 Å². The van der Waals surface area contributed by atoms with Crippen LogP contribution in [0.25, 0.3) is 11.2 Å². The molecule has 1 aromatic carbocycles. The number of aryl methyl sites for hydroxylation is 1. The van der Waals surface area contributed by atoms with Gasteiger partial charge in [-0.2, -0.15) is 15.2 Å². The fourth-order valence-electron chi connectivity index (χ4n) is 6.80. The lowest BCUT2D eigenvalue weighted by Crippen LogP contribution is -2.50. The molecule has 3 fully saturated rings. The number of nitrogens with zero attached hydrogens (tertiary/aromatic N) is 9. The van der Waals surface area contributed by atoms with Gasteiger partial charge in [-0.3, -0.25) is 20.1 Å². The molecule has 228 valence electrons. The number of piperidine rings is 1. The Morgan fingerprint density at radius 1 is 0.953 bits per heavy atom. The van der Waals surface area contributed by atoms with Crippen molar-refractivity contribution >= 4 is 22.9 Å². The predicted octanol–water partition coefficient (Wildman–Crippen LogP) is 3.18. The molecule has 1 aliphatic carbocycles. The first kappa shape index (κ1) is 29.5. The first-order valence-electron chi connectivity index (χ1n) is 15.9. The highest BCUT2D eigenvalue weighted by molar-refractivity contribution is 5.96. The van der Waals surface area contributed by atoms with Gasteiger partial charge in [0.15, 0.2) is 17.0 Å². The molecule has 0 radical (unpaired) electrons. The van der Waals surface area contributed by atoms with Crippen LogP contribution in [0.3, 0.4) is 0 Å². The third-order valence-corrected chi connectivity index (χ3v) is 9.47. The molecule has 1 amide bonds. The monoisotopic (exact) mass is 584 g/mol. The predicted molar refractivity (Wildman–Crippen MR) is 166 cm³/mol. The zero-order chi connectivity index (χ0) is 29.8. The van der Waals surface area contributed by atoms with Gasteiger partial charge in [0.1, 0.15) is 6.07 Å². The molecule has 6 rings (SSSR count). The molecule has 43 heavy (non-hydrogen) atoms. The van der Waals surface area contributed by atoms with E-state index in [-0.39, 0.29) is 17.8 Å². The molecule has 0 spiro atoms. The maximum Gasteiger partial charge on any atom is 0.269 e. The van der Waals surface area contributed by atoms with E-state index >= 15 is 0 Å². The Hall–Kier alpha value is -3.59. The number of nitrogens with one attached hydrogen (secondary N) is 1. The van der Waals surface area contributed by atoms with E-state index in [1.807, 2.05) is 24.2 Å². The van der Waals surface area contributed by atoms with E-state index in [4.69, 9.17) is 0 Å². The molecule has 2 saturated heterocycles. The van der Waals surface area contributed by atoms with E-state index in [1.54, 1.807) is 10.9 Å². The van der Waals surface area contributed by atoms with E-state index in [2.05, 4.69) is 60.3 Å². The van der Waals surface area contributed by atoms with Gasteiger partial charge in [0.25, 0.3) is 5.91 Å². The first-order valence-corrected chi connectivity index (χ1v) is 15.9. The Kier molecular flexibility index (Phi) is 9.17. The molecule has 3 aromatic rings. The second-order valence-electron chi connectivity index (χ2n) is 12.6. The van der Waals surface area contributed by atoms with Crippen molar-refractivity contribution in [3.63, 3.8) is 0 Å². The highest BCUT2D eigenvalue weighted by atomic mass is 16.2. The number of likely N-dealkylation sites (tertiary alicyclic amines) is 1. The van der Waals surface area contributed by atoms with Crippen molar-refractivity contribution in [2.45, 2.75) is 57.5 Å². The Morgan fingerprint density at radius 2 is 1.65 bits per heavy atom. The number of amides is 1. The summed E-state index contributed by atoms with van der Waals surface area (Å²) in [5, 5.41) is 11.5. The first-order chi connectivity index (χ1) is 21.0. The van der Waals surface area contributed by atoms with Crippen molar-refractivity contribution in [2.75, 3.05) is 57.9 Å². The van der Waals surface area contributed by atoms with E-state index in [0.29, 0.717) is 22.5 Å². The number of benzene rings is 1. The molecule has 0 atom stereocenters. The van der Waals surface area contributed by atoms with Crippen molar-refractivity contribution in [3.05, 3.63) is 47.5 Å². The van der Waals surface area contributed by atoms with Gasteiger partial charge in [-0.05, 0) is 69.4 Å². The number of imidazole rings is 1. The van der Waals surface area contributed by atoms with Crippen molar-refractivity contribution in [2.24, 2.45) is 13.0 Å². The van der Waals surface area contributed by atoms with Gasteiger partial charge in [-0.1, -0.05) is 31.4 Å². The van der Waals surface area contributed by atoms with Crippen molar-refractivity contribution in [3.8, 4) is 6.07 Å². The fraction of sp³-hybridized carbons (Fsp3) is 0.594. The minimum atomic E-state index is -0.194. The summed E-state index contributed by atoms with van der Waals surface area (Å²) in [6.45, 7) is 9.01. The second-order valence-corrected chi connectivity index (χ2v) is 12.6. The van der Waals surface area contributed by atoms with Gasteiger partial charge in [0, 0.05) is 51.9 Å². The Bertz CT molecular complexity index is 1420. The minimum Gasteiger partial charge on any atom is -0.318 e. The number of carbonyl (C=O) groups is 1. The van der Waals surface area contributed by atoms with Gasteiger partial charge in [-0.15, -0.1) is 0 Å². The van der Waals surface area contributed by atoms with Gasteiger partial charge >= 0.3 is 0 Å². The Morgan fingerprint density at radius 3 is 2.35 bits per heavy atom. The van der Waals surface area contributed by atoms with E-state index in [9.17, 15) is 10.1 Å². The van der Waals surface area contributed by atoms with Crippen LogP contribution in [0.4, 0.5) is 5.82 Å². The average Bonchev–Trinajstić information content (AvgIpc) is 3.42. The van der Waals surface area contributed by atoms with Crippen LogP contribution >= 0.6 is 0 Å². The summed E-state index contributed by atoms with van der Waals surface area (Å²) in [5.74, 6) is 1.19. The molecular weight excluding hydrogens is 540 g/mol. The highest BCUT2D eigenvalue weighted by Gasteiger charge is 2.29. The smallest absolute Gasteiger partial charge is 0.269 e. The van der Waals surface area contributed by atoms with Crippen molar-refractivity contribution in [1.29, 1.82) is 5.26 Å². The lowest BCUT2D eigenvalue weighted by molar-refractivity contribution is 0.0940. The van der Waals surface area contributed by atoms with Crippen LogP contribution in [0, 0.1) is 17.2 Å². The minimum absolute atomic E-state index is 0.0631. The summed E-state index contributed by atoms with van der Waals surface area (Å²) < 4.78 is 1.77. The Balaban J connectivity index is 1.09. The van der Waals surface area contributed by atoms with Crippen LogP contribution in [0.2, 0.25) is 0 Å². The third-order valence-electron chi connectivity index (χ3n) is 9.47. The van der Waals surface area contributed by atoms with E-state index in [0.717, 1.165) is 64.3 Å². The molecule has 11 heteroatoms. The van der Waals surface area contributed by atoms with Crippen LogP contribution in [-0.2, 0) is 13.6 Å². The lowest BCUT2D eigenvalue weighted by Gasteiger charge is -2.38. The topological polar surface area (TPSA) is 109 Å². The number of carbonyl (C=O) groups excluding carboxylic acids is 1. The number of hydrogen-bond acceptors (Lipinski definition) is 9. The second kappa shape index (κ2) is 13.4. The lowest BCUT2D eigenvalue weighted by atomic mass is 9.95. The number of anilines is 1. The normalized spacial score (nSPS) is 19.8. The number of fused-ring (bicyclic) bond motifs is 1. The highest BCUT2D eigenvalue weighted by Crippen LogP contribution is 2.29. The number of rotatable bonds is 8. The average molecular weight is 585 g/mol. The number of aromatic nitrogens is 4. The molecule has 11 nitrogen and oxygen atoms in total. The molecule has 3 aliphatic rings. The number of nitriles is 1. The quantitative estimate of drug-likeness (QED) is 0.399. The van der Waals surface area contributed by atoms with Crippen LogP contribution in [-0.4, -0.2) is 99.0 Å². The Labute approximate surface area is 254 Å². The number of hydrazine groups is 1. The zero-order valence-corrected chi connectivity index (χ0v) is 25.6. The van der Waals surface area contributed by atoms with Gasteiger partial charge < -0.3 is 14.4 Å². The maximum absolute atomic E-state index is 13.6. The number of piperazine rings is 1. The molecule has 1 N–H and O–H groups in total. The van der Waals surface area contributed by atoms with Crippen LogP contribution in [0.5, 0.6) is 0 Å². The van der Waals surface area contributed by atoms with Gasteiger partial charge in [-0.25, -0.2) is 4.98 Å². The summed E-state index contributed by atoms with van der Waals surface area (Å²) in [7, 11) is 4.07. The van der Waals surface area contributed by atoms with E-state index < -0.39 is 0 Å². The maximum atomic E-state index is 13.6. The summed E-state index contributed by atoms with van der Waals surface area (Å²) in [4.78, 5) is 34.6. The molecule has 1 saturated carbocycles. The molecule has 0 bridgehead atoms. The van der Waals surface area contributed by atoms with E-state index in [1.165, 1.54) is 44.5 Å². The fourth-order valence-corrected chi connectivity index (χ4v) is 6.80. The van der Waals surface area contributed by atoms with Crippen LogP contribution in [0.1, 0.15) is 66.7 Å². The van der Waals surface area contributed by atoms with Crippen molar-refractivity contribution in [1.82, 2.24) is 39.6 Å². The van der Waals surface area contributed by atoms with Crippen molar-refractivity contribution < 1.29 is 4.79 Å². The summed E-state index contributed by atoms with van der Waals surface area (Å²) in [6.07, 6.45) is 9.53. The summed E-state index contributed by atoms with van der Waals surface area (Å²) in [6, 6.07) is 10.1. The SMILES string of the molecule is CN1CCC(CN2CCN(Cc3ccc(C(=O)NN(c4nc(C#N)nc5c4ncn5C)C4CCCCC4)cc3)CC2)CC1. The van der Waals surface area contributed by atoms with Crippen LogP contribution < -0.4 is 10.4 Å². The van der Waals surface area contributed by atoms with Gasteiger partial charge in [0.2, 0.25) is 5.82 Å². The molecule has 0 unspecified atom stereocenters. The standard InChI is InChI=1S/C32H44N10O/c1-38-14-12-25(13-15-38)22-41-18-16-40(17-19-41)21-24-8-10-26(11-9-24)32(43)37-42(27-6-4-3-5-7-27)31-29-30(39(2)23-34-29)35-28(20-33)36-31/h8-11,23,25,27H,3-7,12-19,21-22H2,1-2H3,(H,37,43). The summed E-state index contributed by atoms with van der Waals surface area (Å²) >= 11 is 0. The zero-order valence-electron chi connectivity index (χ0n) is 25.6. The molecule has 4 heterocycles. The number of hydrogen-bond donors (Lipinski definition) is 1. The molecule has 2 aromatic heterocycles. The third kappa shape index (κ3) is 6.98. The largest absolute Gasteiger partial charge is 0.318 e. The summed E-state index contributed by atoms with van der Waals surface area (Å²) in [5.41, 5.74) is 6.10.